The zero-order chi connectivity index (χ0) is 16.1. The summed E-state index contributed by atoms with van der Waals surface area (Å²) in [6.45, 7) is 0.341. The lowest BCUT2D eigenvalue weighted by molar-refractivity contribution is -0.119. The molecule has 1 aliphatic rings. The van der Waals surface area contributed by atoms with Gasteiger partial charge in [0.25, 0.3) is 5.91 Å². The number of thiazole rings is 1. The van der Waals surface area contributed by atoms with Crippen LogP contribution in [0.3, 0.4) is 0 Å². The van der Waals surface area contributed by atoms with Crippen LogP contribution in [0.2, 0.25) is 0 Å². The number of hydrogen-bond acceptors (Lipinski definition) is 5. The van der Waals surface area contributed by atoms with E-state index in [0.29, 0.717) is 18.3 Å². The number of carbonyl (C=O) groups excluding carboxylic acids is 1. The van der Waals surface area contributed by atoms with Gasteiger partial charge in [-0.05, 0) is 37.1 Å². The number of aromatic nitrogens is 1. The molecular formula is C17H20N2O3S. The van der Waals surface area contributed by atoms with Crippen LogP contribution in [-0.4, -0.2) is 17.5 Å². The minimum absolute atomic E-state index is 0.122. The lowest BCUT2D eigenvalue weighted by Gasteiger charge is -2.07. The van der Waals surface area contributed by atoms with Crippen LogP contribution in [-0.2, 0) is 11.4 Å². The zero-order valence-corrected chi connectivity index (χ0v) is 13.7. The Balaban J connectivity index is 1.50. The molecule has 1 aromatic carbocycles. The molecule has 0 unspecified atom stereocenters. The molecule has 0 aliphatic heterocycles. The van der Waals surface area contributed by atoms with Crippen LogP contribution in [0.4, 0.5) is 0 Å². The van der Waals surface area contributed by atoms with Gasteiger partial charge in [0.2, 0.25) is 0 Å². The van der Waals surface area contributed by atoms with E-state index in [9.17, 15) is 4.79 Å². The average Bonchev–Trinajstić information content (AvgIpc) is 3.23. The number of nitrogens with zero attached hydrogens (tertiary/aromatic N) is 1. The van der Waals surface area contributed by atoms with Crippen LogP contribution >= 0.6 is 11.3 Å². The Labute approximate surface area is 139 Å². The fraction of sp³-hybridized carbons (Fsp3) is 0.412. The van der Waals surface area contributed by atoms with E-state index in [1.807, 2.05) is 0 Å². The van der Waals surface area contributed by atoms with Gasteiger partial charge in [-0.2, -0.15) is 0 Å². The summed E-state index contributed by atoms with van der Waals surface area (Å²) in [6.07, 6.45) is 5.17. The largest absolute Gasteiger partial charge is 0.487 e. The van der Waals surface area contributed by atoms with Crippen molar-refractivity contribution >= 4 is 17.2 Å². The molecule has 23 heavy (non-hydrogen) atoms. The normalized spacial score (nSPS) is 14.8. The first-order chi connectivity index (χ1) is 11.2. The second-order valence-corrected chi connectivity index (χ2v) is 6.56. The molecular weight excluding hydrogens is 312 g/mol. The lowest BCUT2D eigenvalue weighted by atomic mass is 10.1. The molecule has 1 fully saturated rings. The summed E-state index contributed by atoms with van der Waals surface area (Å²) in [5.74, 6) is 1.49. The summed E-state index contributed by atoms with van der Waals surface area (Å²) >= 11 is 1.74. The van der Waals surface area contributed by atoms with Crippen molar-refractivity contribution in [3.63, 3.8) is 0 Å². The Morgan fingerprint density at radius 2 is 1.83 bits per heavy atom. The van der Waals surface area contributed by atoms with Gasteiger partial charge in [-0.1, -0.05) is 12.8 Å². The zero-order valence-electron chi connectivity index (χ0n) is 12.9. The van der Waals surface area contributed by atoms with Crippen LogP contribution in [0.5, 0.6) is 11.5 Å². The van der Waals surface area contributed by atoms with Gasteiger partial charge in [0.15, 0.2) is 6.61 Å². The van der Waals surface area contributed by atoms with Gasteiger partial charge in [-0.25, -0.2) is 4.98 Å². The summed E-state index contributed by atoms with van der Waals surface area (Å²) in [4.78, 5) is 15.4. The molecule has 2 N–H and O–H groups in total. The molecule has 5 nitrogen and oxygen atoms in total. The molecule has 0 spiro atoms. The summed E-state index contributed by atoms with van der Waals surface area (Å²) in [6, 6.07) is 7.12. The van der Waals surface area contributed by atoms with E-state index in [0.717, 1.165) is 11.4 Å². The predicted octanol–water partition coefficient (Wildman–Crippen LogP) is 3.24. The van der Waals surface area contributed by atoms with Crippen LogP contribution < -0.4 is 15.2 Å². The molecule has 2 aromatic rings. The second-order valence-electron chi connectivity index (χ2n) is 5.67. The van der Waals surface area contributed by atoms with Crippen LogP contribution in [0.25, 0.3) is 0 Å². The highest BCUT2D eigenvalue weighted by atomic mass is 32.1. The van der Waals surface area contributed by atoms with Gasteiger partial charge in [-0.15, -0.1) is 11.3 Å². The van der Waals surface area contributed by atoms with Crippen LogP contribution in [0.15, 0.2) is 29.6 Å². The molecule has 0 saturated heterocycles. The highest BCUT2D eigenvalue weighted by Crippen LogP contribution is 2.35. The number of nitrogens with two attached hydrogens (primary N) is 1. The summed E-state index contributed by atoms with van der Waals surface area (Å²) < 4.78 is 11.0. The third kappa shape index (κ3) is 4.45. The minimum Gasteiger partial charge on any atom is -0.487 e. The highest BCUT2D eigenvalue weighted by molar-refractivity contribution is 7.09. The van der Waals surface area contributed by atoms with E-state index >= 15 is 0 Å². The fourth-order valence-electron chi connectivity index (χ4n) is 2.69. The Bertz CT molecular complexity index is 648. The van der Waals surface area contributed by atoms with Gasteiger partial charge in [0, 0.05) is 11.3 Å². The van der Waals surface area contributed by atoms with Crippen molar-refractivity contribution in [1.29, 1.82) is 0 Å². The maximum absolute atomic E-state index is 10.7. The SMILES string of the molecule is NC(=O)COc1ccc(OCc2csc(C3CCCC3)n2)cc1. The van der Waals surface area contributed by atoms with Crippen molar-refractivity contribution in [2.75, 3.05) is 6.61 Å². The molecule has 0 bridgehead atoms. The molecule has 122 valence electrons. The maximum Gasteiger partial charge on any atom is 0.255 e. The van der Waals surface area contributed by atoms with E-state index in [-0.39, 0.29) is 6.61 Å². The van der Waals surface area contributed by atoms with E-state index in [1.165, 1.54) is 30.7 Å². The van der Waals surface area contributed by atoms with E-state index in [2.05, 4.69) is 5.38 Å². The lowest BCUT2D eigenvalue weighted by Crippen LogP contribution is -2.19. The average molecular weight is 332 g/mol. The van der Waals surface area contributed by atoms with Gasteiger partial charge in [-0.3, -0.25) is 4.79 Å². The van der Waals surface area contributed by atoms with Crippen molar-refractivity contribution in [3.8, 4) is 11.5 Å². The standard InChI is InChI=1S/C17H20N2O3S/c18-16(20)10-22-15-7-5-14(6-8-15)21-9-13-11-23-17(19-13)12-3-1-2-4-12/h5-8,11-12H,1-4,9-10H2,(H2,18,20). The Morgan fingerprint density at radius 1 is 1.17 bits per heavy atom. The van der Waals surface area contributed by atoms with Gasteiger partial charge in [0.1, 0.15) is 18.1 Å². The van der Waals surface area contributed by atoms with Gasteiger partial charge < -0.3 is 15.2 Å². The number of hydrogen-bond donors (Lipinski definition) is 1. The molecule has 0 radical (unpaired) electrons. The van der Waals surface area contributed by atoms with Gasteiger partial charge in [0.05, 0.1) is 10.7 Å². The van der Waals surface area contributed by atoms with Crippen LogP contribution in [0.1, 0.15) is 42.3 Å². The molecule has 1 heterocycles. The van der Waals surface area contributed by atoms with Crippen molar-refractivity contribution < 1.29 is 14.3 Å². The summed E-state index contributed by atoms with van der Waals surface area (Å²) in [5.41, 5.74) is 6.01. The number of primary amides is 1. The van der Waals surface area contributed by atoms with Crippen molar-refractivity contribution in [3.05, 3.63) is 40.3 Å². The van der Waals surface area contributed by atoms with Crippen molar-refractivity contribution in [2.24, 2.45) is 5.73 Å². The first-order valence-electron chi connectivity index (χ1n) is 7.79. The Hall–Kier alpha value is -2.08. The van der Waals surface area contributed by atoms with Crippen molar-refractivity contribution in [1.82, 2.24) is 4.98 Å². The third-order valence-corrected chi connectivity index (χ3v) is 4.92. The minimum atomic E-state index is -0.494. The topological polar surface area (TPSA) is 74.4 Å². The van der Waals surface area contributed by atoms with E-state index in [4.69, 9.17) is 20.2 Å². The highest BCUT2D eigenvalue weighted by Gasteiger charge is 2.20. The third-order valence-electron chi connectivity index (χ3n) is 3.87. The molecule has 1 aliphatic carbocycles. The summed E-state index contributed by atoms with van der Waals surface area (Å²) in [7, 11) is 0. The maximum atomic E-state index is 10.7. The Kier molecular flexibility index (Phi) is 5.12. The molecule has 6 heteroatoms. The summed E-state index contributed by atoms with van der Waals surface area (Å²) in [5, 5.41) is 3.33. The molecule has 1 amide bonds. The quantitative estimate of drug-likeness (QED) is 0.844. The number of rotatable bonds is 7. The molecule has 1 saturated carbocycles. The smallest absolute Gasteiger partial charge is 0.255 e. The van der Waals surface area contributed by atoms with Crippen molar-refractivity contribution in [2.45, 2.75) is 38.2 Å². The molecule has 1 aromatic heterocycles. The Morgan fingerprint density at radius 3 is 2.48 bits per heavy atom. The van der Waals surface area contributed by atoms with E-state index in [1.54, 1.807) is 35.6 Å². The molecule has 0 atom stereocenters. The first-order valence-corrected chi connectivity index (χ1v) is 8.67. The number of amides is 1. The first kappa shape index (κ1) is 15.8. The fourth-order valence-corrected chi connectivity index (χ4v) is 3.67. The monoisotopic (exact) mass is 332 g/mol. The van der Waals surface area contributed by atoms with Gasteiger partial charge >= 0.3 is 0 Å². The second kappa shape index (κ2) is 7.46. The predicted molar refractivity (Wildman–Crippen MR) is 88.8 cm³/mol. The number of carbonyl (C=O) groups is 1. The number of ether oxygens (including phenoxy) is 2. The van der Waals surface area contributed by atoms with Crippen LogP contribution in [0, 0.1) is 0 Å². The molecule has 3 rings (SSSR count). The number of benzene rings is 1. The van der Waals surface area contributed by atoms with E-state index < -0.39 is 5.91 Å².